The van der Waals surface area contributed by atoms with Crippen molar-refractivity contribution in [3.05, 3.63) is 83.4 Å². The number of benzene rings is 2. The Balaban J connectivity index is 1.63. The third-order valence-corrected chi connectivity index (χ3v) is 3.84. The van der Waals surface area contributed by atoms with Crippen LogP contribution in [-0.4, -0.2) is 21.7 Å². The molecule has 0 radical (unpaired) electrons. The molecule has 0 aliphatic carbocycles. The first kappa shape index (κ1) is 18.2. The van der Waals surface area contributed by atoms with Crippen LogP contribution in [0.15, 0.2) is 60.9 Å². The highest BCUT2D eigenvalue weighted by Gasteiger charge is 2.09. The largest absolute Gasteiger partial charge is 0.350 e. The van der Waals surface area contributed by atoms with Crippen LogP contribution in [0.25, 0.3) is 0 Å². The zero-order chi connectivity index (χ0) is 19.2. The summed E-state index contributed by atoms with van der Waals surface area (Å²) >= 11 is 0. The lowest BCUT2D eigenvalue weighted by Crippen LogP contribution is -2.14. The second-order valence-electron chi connectivity index (χ2n) is 5.83. The van der Waals surface area contributed by atoms with Gasteiger partial charge >= 0.3 is 0 Å². The number of hydrogen-bond donors (Lipinski definition) is 2. The Morgan fingerprint density at radius 3 is 2.44 bits per heavy atom. The molecule has 136 valence electrons. The summed E-state index contributed by atoms with van der Waals surface area (Å²) in [7, 11) is 0. The van der Waals surface area contributed by atoms with Crippen LogP contribution < -0.4 is 10.6 Å². The van der Waals surface area contributed by atoms with Crippen LogP contribution in [0, 0.1) is 5.82 Å². The molecule has 0 aliphatic rings. The van der Waals surface area contributed by atoms with Crippen molar-refractivity contribution in [1.29, 1.82) is 0 Å². The standard InChI is InChI=1S/C20H17FN4O2/c1-13(26)14-6-4-7-17(9-14)25-19(27)16-11-23-20(24-12-16)22-10-15-5-2-3-8-18(15)21/h2-9,11-12H,10H2,1H3,(H,25,27)(H,22,23,24). The molecule has 1 amide bonds. The van der Waals surface area contributed by atoms with Gasteiger partial charge in [-0.05, 0) is 25.1 Å². The van der Waals surface area contributed by atoms with Crippen LogP contribution in [0.1, 0.15) is 33.2 Å². The SMILES string of the molecule is CC(=O)c1cccc(NC(=O)c2cnc(NCc3ccccc3F)nc2)c1. The number of halogens is 1. The Labute approximate surface area is 155 Å². The molecule has 0 bridgehead atoms. The van der Waals surface area contributed by atoms with Crippen LogP contribution >= 0.6 is 0 Å². The lowest BCUT2D eigenvalue weighted by molar-refractivity contribution is 0.101. The van der Waals surface area contributed by atoms with Crippen molar-refractivity contribution in [2.24, 2.45) is 0 Å². The monoisotopic (exact) mass is 364 g/mol. The van der Waals surface area contributed by atoms with Gasteiger partial charge in [0.2, 0.25) is 5.95 Å². The normalized spacial score (nSPS) is 10.3. The number of anilines is 2. The van der Waals surface area contributed by atoms with Crippen LogP contribution in [0.5, 0.6) is 0 Å². The molecule has 0 aliphatic heterocycles. The number of ketones is 1. The summed E-state index contributed by atoms with van der Waals surface area (Å²) in [6.45, 7) is 1.69. The average Bonchev–Trinajstić information content (AvgIpc) is 2.68. The molecule has 1 aromatic heterocycles. The number of nitrogens with zero attached hydrogens (tertiary/aromatic N) is 2. The van der Waals surface area contributed by atoms with Crippen molar-refractivity contribution in [2.75, 3.05) is 10.6 Å². The van der Waals surface area contributed by atoms with Crippen molar-refractivity contribution in [3.8, 4) is 0 Å². The molecule has 0 spiro atoms. The Morgan fingerprint density at radius 2 is 1.74 bits per heavy atom. The number of hydrogen-bond acceptors (Lipinski definition) is 5. The van der Waals surface area contributed by atoms with Gasteiger partial charge in [-0.1, -0.05) is 30.3 Å². The molecule has 2 aromatic carbocycles. The number of Topliss-reactive ketones (excluding diaryl/α,β-unsaturated/α-hetero) is 1. The highest BCUT2D eigenvalue weighted by molar-refractivity contribution is 6.04. The van der Waals surface area contributed by atoms with E-state index in [-0.39, 0.29) is 29.7 Å². The molecule has 1 heterocycles. The quantitative estimate of drug-likeness (QED) is 0.652. The third-order valence-electron chi connectivity index (χ3n) is 3.84. The highest BCUT2D eigenvalue weighted by Crippen LogP contribution is 2.13. The van der Waals surface area contributed by atoms with Gasteiger partial charge in [0, 0.05) is 35.8 Å². The van der Waals surface area contributed by atoms with Crippen molar-refractivity contribution < 1.29 is 14.0 Å². The minimum absolute atomic E-state index is 0.0836. The molecule has 3 aromatic rings. The summed E-state index contributed by atoms with van der Waals surface area (Å²) in [5.74, 6) is -0.502. The predicted molar refractivity (Wildman–Crippen MR) is 100 cm³/mol. The molecule has 7 heteroatoms. The molecule has 0 unspecified atom stereocenters. The smallest absolute Gasteiger partial charge is 0.258 e. The fraction of sp³-hybridized carbons (Fsp3) is 0.100. The second kappa shape index (κ2) is 8.18. The van der Waals surface area contributed by atoms with E-state index in [2.05, 4.69) is 20.6 Å². The first-order valence-corrected chi connectivity index (χ1v) is 8.24. The van der Waals surface area contributed by atoms with Gasteiger partial charge in [0.25, 0.3) is 5.91 Å². The van der Waals surface area contributed by atoms with Crippen LogP contribution in [0.4, 0.5) is 16.0 Å². The van der Waals surface area contributed by atoms with Crippen molar-refractivity contribution >= 4 is 23.3 Å². The number of rotatable bonds is 6. The van der Waals surface area contributed by atoms with Gasteiger partial charge in [-0.2, -0.15) is 0 Å². The highest BCUT2D eigenvalue weighted by atomic mass is 19.1. The van der Waals surface area contributed by atoms with Crippen molar-refractivity contribution in [2.45, 2.75) is 13.5 Å². The summed E-state index contributed by atoms with van der Waals surface area (Å²) in [5, 5.41) is 5.60. The molecular formula is C20H17FN4O2. The number of aromatic nitrogens is 2. The molecule has 27 heavy (non-hydrogen) atoms. The van der Waals surface area contributed by atoms with Crippen molar-refractivity contribution in [1.82, 2.24) is 9.97 Å². The summed E-state index contributed by atoms with van der Waals surface area (Å²) in [6.07, 6.45) is 2.75. The maximum Gasteiger partial charge on any atom is 0.258 e. The molecule has 0 fully saturated rings. The molecule has 3 rings (SSSR count). The topological polar surface area (TPSA) is 84.0 Å². The van der Waals surface area contributed by atoms with Crippen LogP contribution in [-0.2, 0) is 6.54 Å². The third kappa shape index (κ3) is 4.72. The van der Waals surface area contributed by atoms with Crippen molar-refractivity contribution in [3.63, 3.8) is 0 Å². The van der Waals surface area contributed by atoms with E-state index in [1.807, 2.05) is 0 Å². The first-order chi connectivity index (χ1) is 13.0. The van der Waals surface area contributed by atoms with E-state index >= 15 is 0 Å². The first-order valence-electron chi connectivity index (χ1n) is 8.24. The molecule has 0 saturated carbocycles. The van der Waals surface area contributed by atoms with Gasteiger partial charge in [0.1, 0.15) is 5.82 Å². The minimum Gasteiger partial charge on any atom is -0.350 e. The van der Waals surface area contributed by atoms with Gasteiger partial charge in [-0.25, -0.2) is 14.4 Å². The number of carbonyl (C=O) groups is 2. The van der Waals surface area contributed by atoms with E-state index in [1.165, 1.54) is 25.4 Å². The summed E-state index contributed by atoms with van der Waals surface area (Å²) in [6, 6.07) is 13.1. The zero-order valence-corrected chi connectivity index (χ0v) is 14.6. The summed E-state index contributed by atoms with van der Waals surface area (Å²) in [5.41, 5.74) is 1.78. The Hall–Kier alpha value is -3.61. The Morgan fingerprint density at radius 1 is 1.00 bits per heavy atom. The van der Waals surface area contributed by atoms with E-state index < -0.39 is 5.91 Å². The molecule has 2 N–H and O–H groups in total. The maximum absolute atomic E-state index is 13.6. The van der Waals surface area contributed by atoms with Gasteiger partial charge in [-0.15, -0.1) is 0 Å². The van der Waals surface area contributed by atoms with Crippen LogP contribution in [0.2, 0.25) is 0 Å². The number of nitrogens with one attached hydrogen (secondary N) is 2. The maximum atomic E-state index is 13.6. The van der Waals surface area contributed by atoms with E-state index in [0.717, 1.165) is 0 Å². The summed E-state index contributed by atoms with van der Waals surface area (Å²) < 4.78 is 13.6. The summed E-state index contributed by atoms with van der Waals surface area (Å²) in [4.78, 5) is 31.8. The predicted octanol–water partition coefficient (Wildman–Crippen LogP) is 3.68. The van der Waals surface area contributed by atoms with Crippen LogP contribution in [0.3, 0.4) is 0 Å². The Bertz CT molecular complexity index is 974. The van der Waals surface area contributed by atoms with E-state index in [4.69, 9.17) is 0 Å². The Kier molecular flexibility index (Phi) is 5.51. The second-order valence-corrected chi connectivity index (χ2v) is 5.83. The fourth-order valence-electron chi connectivity index (χ4n) is 2.37. The minimum atomic E-state index is -0.392. The fourth-order valence-corrected chi connectivity index (χ4v) is 2.37. The number of amides is 1. The lowest BCUT2D eigenvalue weighted by Gasteiger charge is -2.08. The van der Waals surface area contributed by atoms with E-state index in [1.54, 1.807) is 42.5 Å². The number of carbonyl (C=O) groups excluding carboxylic acids is 2. The van der Waals surface area contributed by atoms with E-state index in [9.17, 15) is 14.0 Å². The van der Waals surface area contributed by atoms with Gasteiger partial charge < -0.3 is 10.6 Å². The van der Waals surface area contributed by atoms with E-state index in [0.29, 0.717) is 16.8 Å². The lowest BCUT2D eigenvalue weighted by atomic mass is 10.1. The zero-order valence-electron chi connectivity index (χ0n) is 14.6. The molecule has 0 saturated heterocycles. The molecular weight excluding hydrogens is 347 g/mol. The van der Waals surface area contributed by atoms with Gasteiger partial charge in [-0.3, -0.25) is 9.59 Å². The van der Waals surface area contributed by atoms with Gasteiger partial charge in [0.05, 0.1) is 5.56 Å². The van der Waals surface area contributed by atoms with Gasteiger partial charge in [0.15, 0.2) is 5.78 Å². The molecule has 6 nitrogen and oxygen atoms in total. The molecule has 0 atom stereocenters. The average molecular weight is 364 g/mol.